The van der Waals surface area contributed by atoms with Crippen molar-refractivity contribution >= 4 is 19.1 Å². The quantitative estimate of drug-likeness (QED) is 0.474. The van der Waals surface area contributed by atoms with Crippen LogP contribution in [0.1, 0.15) is 35.2 Å². The van der Waals surface area contributed by atoms with Crippen LogP contribution in [0.2, 0.25) is 6.32 Å². The second-order valence-corrected chi connectivity index (χ2v) is 6.80. The molecule has 0 radical (unpaired) electrons. The maximum absolute atomic E-state index is 11.7. The van der Waals surface area contributed by atoms with Gasteiger partial charge < -0.3 is 29.7 Å². The molecule has 1 unspecified atom stereocenters. The number of carbonyl (C=O) groups is 2. The van der Waals surface area contributed by atoms with Crippen LogP contribution in [-0.4, -0.2) is 69.7 Å². The summed E-state index contributed by atoms with van der Waals surface area (Å²) in [5, 5.41) is 37.9. The summed E-state index contributed by atoms with van der Waals surface area (Å²) in [5.74, 6) is -1.78. The zero-order valence-corrected chi connectivity index (χ0v) is 14.7. The SMILES string of the molecule is O=C(O)CCCC(O)N1CC(Oc2ccc3c(c2C(=O)O)OB(O)CC3)C1. The van der Waals surface area contributed by atoms with E-state index in [2.05, 4.69) is 0 Å². The van der Waals surface area contributed by atoms with Crippen LogP contribution in [0, 0.1) is 0 Å². The molecule has 1 fully saturated rings. The number of aliphatic hydroxyl groups is 1. The minimum Gasteiger partial charge on any atom is -0.535 e. The number of nitrogens with zero attached hydrogens (tertiary/aromatic N) is 1. The zero-order chi connectivity index (χ0) is 19.6. The largest absolute Gasteiger partial charge is 0.535 e. The normalized spacial score (nSPS) is 18.2. The number of ether oxygens (including phenoxy) is 1. The van der Waals surface area contributed by atoms with Gasteiger partial charge in [0.2, 0.25) is 0 Å². The highest BCUT2D eigenvalue weighted by Crippen LogP contribution is 2.37. The number of fused-ring (bicyclic) bond motifs is 1. The van der Waals surface area contributed by atoms with Crippen LogP contribution < -0.4 is 9.39 Å². The van der Waals surface area contributed by atoms with Crippen molar-refractivity contribution in [1.82, 2.24) is 4.90 Å². The van der Waals surface area contributed by atoms with Crippen LogP contribution in [0.25, 0.3) is 0 Å². The molecule has 0 aromatic heterocycles. The minimum absolute atomic E-state index is 0.00772. The fourth-order valence-corrected chi connectivity index (χ4v) is 3.30. The summed E-state index contributed by atoms with van der Waals surface area (Å²) >= 11 is 0. The monoisotopic (exact) mass is 379 g/mol. The van der Waals surface area contributed by atoms with Crippen LogP contribution in [0.4, 0.5) is 0 Å². The number of aromatic carboxylic acids is 1. The summed E-state index contributed by atoms with van der Waals surface area (Å²) in [6.45, 7) is 0.821. The molecule has 146 valence electrons. The number of carboxylic acids is 2. The highest BCUT2D eigenvalue weighted by atomic mass is 16.5. The molecule has 0 spiro atoms. The predicted octanol–water partition coefficient (Wildman–Crippen LogP) is 0.436. The highest BCUT2D eigenvalue weighted by molar-refractivity contribution is 6.44. The van der Waals surface area contributed by atoms with E-state index in [1.54, 1.807) is 17.0 Å². The average Bonchev–Trinajstić information content (AvgIpc) is 2.56. The van der Waals surface area contributed by atoms with Crippen molar-refractivity contribution < 1.29 is 39.3 Å². The number of benzene rings is 1. The lowest BCUT2D eigenvalue weighted by Gasteiger charge is -2.42. The van der Waals surface area contributed by atoms with Crippen molar-refractivity contribution in [3.63, 3.8) is 0 Å². The molecular formula is C17H22BNO8. The Hall–Kier alpha value is -2.30. The molecule has 0 aliphatic carbocycles. The molecule has 1 aromatic carbocycles. The van der Waals surface area contributed by atoms with Gasteiger partial charge in [0.1, 0.15) is 29.4 Å². The van der Waals surface area contributed by atoms with Gasteiger partial charge >= 0.3 is 19.1 Å². The summed E-state index contributed by atoms with van der Waals surface area (Å²) in [6, 6.07) is 3.33. The first kappa shape index (κ1) is 19.5. The smallest absolute Gasteiger partial charge is 0.522 e. The van der Waals surface area contributed by atoms with Crippen molar-refractivity contribution in [3.05, 3.63) is 23.3 Å². The molecule has 0 amide bonds. The van der Waals surface area contributed by atoms with Crippen molar-refractivity contribution in [3.8, 4) is 11.5 Å². The molecule has 2 aliphatic heterocycles. The van der Waals surface area contributed by atoms with Crippen molar-refractivity contribution in [1.29, 1.82) is 0 Å². The molecule has 2 heterocycles. The van der Waals surface area contributed by atoms with Crippen LogP contribution in [0.5, 0.6) is 11.5 Å². The Labute approximate surface area is 156 Å². The molecule has 9 nitrogen and oxygen atoms in total. The summed E-state index contributed by atoms with van der Waals surface area (Å²) in [7, 11) is -1.04. The van der Waals surface area contributed by atoms with E-state index in [9.17, 15) is 24.8 Å². The second-order valence-electron chi connectivity index (χ2n) is 6.80. The van der Waals surface area contributed by atoms with Gasteiger partial charge in [0.25, 0.3) is 0 Å². The first-order valence-corrected chi connectivity index (χ1v) is 8.89. The Kier molecular flexibility index (Phi) is 5.88. The molecule has 1 atom stereocenters. The Morgan fingerprint density at radius 3 is 2.74 bits per heavy atom. The van der Waals surface area contributed by atoms with Crippen LogP contribution >= 0.6 is 0 Å². The Morgan fingerprint density at radius 2 is 2.07 bits per heavy atom. The van der Waals surface area contributed by atoms with Gasteiger partial charge in [-0.25, -0.2) is 4.79 Å². The first-order chi connectivity index (χ1) is 12.8. The molecule has 3 rings (SSSR count). The summed E-state index contributed by atoms with van der Waals surface area (Å²) in [5.41, 5.74) is 0.612. The molecule has 1 aromatic rings. The average molecular weight is 379 g/mol. The van der Waals surface area contributed by atoms with Gasteiger partial charge in [-0.3, -0.25) is 9.69 Å². The number of rotatable bonds is 8. The highest BCUT2D eigenvalue weighted by Gasteiger charge is 2.35. The van der Waals surface area contributed by atoms with Gasteiger partial charge in [-0.05, 0) is 37.2 Å². The number of hydrogen-bond acceptors (Lipinski definition) is 7. The molecular weight excluding hydrogens is 357 g/mol. The van der Waals surface area contributed by atoms with E-state index >= 15 is 0 Å². The predicted molar refractivity (Wildman–Crippen MR) is 94.0 cm³/mol. The van der Waals surface area contributed by atoms with Crippen LogP contribution in [0.15, 0.2) is 12.1 Å². The molecule has 0 bridgehead atoms. The molecule has 27 heavy (non-hydrogen) atoms. The lowest BCUT2D eigenvalue weighted by atomic mass is 9.78. The Bertz CT molecular complexity index is 721. The second kappa shape index (κ2) is 8.16. The number of aliphatic hydroxyl groups excluding tert-OH is 1. The number of likely N-dealkylation sites (tertiary alicyclic amines) is 1. The van der Waals surface area contributed by atoms with E-state index in [4.69, 9.17) is 14.5 Å². The van der Waals surface area contributed by atoms with Crippen molar-refractivity contribution in [2.75, 3.05) is 13.1 Å². The molecule has 10 heteroatoms. The van der Waals surface area contributed by atoms with Crippen molar-refractivity contribution in [2.45, 2.75) is 44.3 Å². The standard InChI is InChI=1S/C17H22BNO8/c20-13(2-1-3-14(21)22)19-8-11(9-19)26-12-5-4-10-6-7-18(25)27-16(10)15(12)17(23)24/h4-5,11,13,20,25H,1-3,6-9H2,(H,21,22)(H,23,24). The lowest BCUT2D eigenvalue weighted by Crippen LogP contribution is -2.57. The first-order valence-electron chi connectivity index (χ1n) is 8.89. The van der Waals surface area contributed by atoms with E-state index in [1.807, 2.05) is 0 Å². The van der Waals surface area contributed by atoms with Gasteiger partial charge in [-0.15, -0.1) is 0 Å². The summed E-state index contributed by atoms with van der Waals surface area (Å²) < 4.78 is 11.1. The van der Waals surface area contributed by atoms with Gasteiger partial charge in [0.05, 0.1) is 0 Å². The third kappa shape index (κ3) is 4.52. The van der Waals surface area contributed by atoms with Crippen LogP contribution in [-0.2, 0) is 11.2 Å². The van der Waals surface area contributed by atoms with Crippen molar-refractivity contribution in [2.24, 2.45) is 0 Å². The minimum atomic E-state index is -1.19. The third-order valence-corrected chi connectivity index (χ3v) is 4.77. The number of carboxylic acid groups (broad SMARTS) is 2. The summed E-state index contributed by atoms with van der Waals surface area (Å²) in [4.78, 5) is 23.9. The lowest BCUT2D eigenvalue weighted by molar-refractivity contribution is -0.137. The van der Waals surface area contributed by atoms with Gasteiger partial charge in [-0.1, -0.05) is 6.07 Å². The van der Waals surface area contributed by atoms with E-state index in [-0.39, 0.29) is 29.6 Å². The number of hydrogen-bond donors (Lipinski definition) is 4. The maximum atomic E-state index is 11.7. The Balaban J connectivity index is 1.60. The molecule has 4 N–H and O–H groups in total. The third-order valence-electron chi connectivity index (χ3n) is 4.77. The molecule has 0 saturated carbocycles. The van der Waals surface area contributed by atoms with E-state index in [0.717, 1.165) is 0 Å². The van der Waals surface area contributed by atoms with E-state index in [1.165, 1.54) is 0 Å². The van der Waals surface area contributed by atoms with Crippen LogP contribution in [0.3, 0.4) is 0 Å². The Morgan fingerprint density at radius 1 is 1.33 bits per heavy atom. The zero-order valence-electron chi connectivity index (χ0n) is 14.7. The molecule has 1 saturated heterocycles. The maximum Gasteiger partial charge on any atom is 0.522 e. The van der Waals surface area contributed by atoms with Gasteiger partial charge in [0.15, 0.2) is 0 Å². The van der Waals surface area contributed by atoms with E-state index < -0.39 is 25.3 Å². The fourth-order valence-electron chi connectivity index (χ4n) is 3.30. The molecule has 2 aliphatic rings. The summed E-state index contributed by atoms with van der Waals surface area (Å²) in [6.07, 6.45) is 0.638. The van der Waals surface area contributed by atoms with Gasteiger partial charge in [-0.2, -0.15) is 0 Å². The number of aliphatic carboxylic acids is 1. The van der Waals surface area contributed by atoms with Gasteiger partial charge in [0, 0.05) is 19.5 Å². The van der Waals surface area contributed by atoms with E-state index in [0.29, 0.717) is 44.2 Å². The fraction of sp³-hybridized carbons (Fsp3) is 0.529. The number of aryl methyl sites for hydroxylation is 1. The topological polar surface area (TPSA) is 137 Å².